The molecule has 110 valence electrons. The molecule has 0 bridgehead atoms. The molecule has 0 fully saturated rings. The molecule has 1 N–H and O–H groups in total. The first-order valence-electron chi connectivity index (χ1n) is 6.11. The predicted molar refractivity (Wildman–Crippen MR) is 77.3 cm³/mol. The molecule has 2 aromatic rings. The SMILES string of the molecule is COc1ccc(S(=O)(=O)Cc2ccc(C(=O)O)cc2)cc1. The topological polar surface area (TPSA) is 80.7 Å². The van der Waals surface area contributed by atoms with Crippen molar-refractivity contribution in [1.82, 2.24) is 0 Å². The summed E-state index contributed by atoms with van der Waals surface area (Å²) in [6.07, 6.45) is 0. The van der Waals surface area contributed by atoms with E-state index in [1.54, 1.807) is 12.1 Å². The van der Waals surface area contributed by atoms with Crippen molar-refractivity contribution < 1.29 is 23.1 Å². The highest BCUT2D eigenvalue weighted by atomic mass is 32.2. The second-order valence-electron chi connectivity index (χ2n) is 4.44. The van der Waals surface area contributed by atoms with E-state index in [4.69, 9.17) is 9.84 Å². The smallest absolute Gasteiger partial charge is 0.335 e. The quantitative estimate of drug-likeness (QED) is 0.917. The highest BCUT2D eigenvalue weighted by Gasteiger charge is 2.15. The van der Waals surface area contributed by atoms with E-state index in [-0.39, 0.29) is 16.2 Å². The van der Waals surface area contributed by atoms with Crippen LogP contribution in [0.5, 0.6) is 5.75 Å². The number of methoxy groups -OCH3 is 1. The lowest BCUT2D eigenvalue weighted by Gasteiger charge is -2.06. The number of carboxylic acids is 1. The molecule has 2 rings (SSSR count). The third kappa shape index (κ3) is 3.61. The fourth-order valence-electron chi connectivity index (χ4n) is 1.83. The van der Waals surface area contributed by atoms with Gasteiger partial charge in [-0.1, -0.05) is 12.1 Å². The number of hydrogen-bond acceptors (Lipinski definition) is 4. The van der Waals surface area contributed by atoms with Gasteiger partial charge in [-0.05, 0) is 42.0 Å². The van der Waals surface area contributed by atoms with Crippen LogP contribution < -0.4 is 4.74 Å². The molecule has 0 aliphatic heterocycles. The van der Waals surface area contributed by atoms with E-state index in [9.17, 15) is 13.2 Å². The van der Waals surface area contributed by atoms with Crippen molar-refractivity contribution in [3.63, 3.8) is 0 Å². The molecule has 0 atom stereocenters. The number of hydrogen-bond donors (Lipinski definition) is 1. The van der Waals surface area contributed by atoms with Gasteiger partial charge in [0.15, 0.2) is 9.84 Å². The van der Waals surface area contributed by atoms with E-state index >= 15 is 0 Å². The molecule has 0 unspecified atom stereocenters. The van der Waals surface area contributed by atoms with E-state index in [0.29, 0.717) is 11.3 Å². The summed E-state index contributed by atoms with van der Waals surface area (Å²) in [6.45, 7) is 0. The molecule has 0 aliphatic carbocycles. The Labute approximate surface area is 122 Å². The average Bonchev–Trinajstić information content (AvgIpc) is 2.47. The molecule has 21 heavy (non-hydrogen) atoms. The van der Waals surface area contributed by atoms with Crippen molar-refractivity contribution in [3.05, 3.63) is 59.7 Å². The van der Waals surface area contributed by atoms with Crippen LogP contribution in [0.25, 0.3) is 0 Å². The molecular weight excluding hydrogens is 292 g/mol. The summed E-state index contributed by atoms with van der Waals surface area (Å²) in [5, 5.41) is 8.81. The molecule has 0 amide bonds. The molecule has 0 saturated heterocycles. The molecule has 0 spiro atoms. The third-order valence-electron chi connectivity index (χ3n) is 2.98. The summed E-state index contributed by atoms with van der Waals surface area (Å²) in [7, 11) is -1.97. The number of rotatable bonds is 5. The molecule has 0 aliphatic rings. The van der Waals surface area contributed by atoms with Crippen molar-refractivity contribution in [2.24, 2.45) is 0 Å². The zero-order chi connectivity index (χ0) is 15.5. The molecule has 0 heterocycles. The highest BCUT2D eigenvalue weighted by Crippen LogP contribution is 2.20. The minimum absolute atomic E-state index is 0.126. The zero-order valence-electron chi connectivity index (χ0n) is 11.3. The molecule has 2 aromatic carbocycles. The molecule has 5 nitrogen and oxygen atoms in total. The largest absolute Gasteiger partial charge is 0.497 e. The maximum Gasteiger partial charge on any atom is 0.335 e. The van der Waals surface area contributed by atoms with Gasteiger partial charge in [-0.2, -0.15) is 0 Å². The minimum Gasteiger partial charge on any atom is -0.497 e. The minimum atomic E-state index is -3.47. The Kier molecular flexibility index (Phi) is 4.28. The fourth-order valence-corrected chi connectivity index (χ4v) is 3.18. The Balaban J connectivity index is 2.21. The fraction of sp³-hybridized carbons (Fsp3) is 0.133. The molecule has 0 saturated carbocycles. The zero-order valence-corrected chi connectivity index (χ0v) is 12.1. The number of carboxylic acid groups (broad SMARTS) is 1. The Hall–Kier alpha value is -2.34. The number of carbonyl (C=O) groups is 1. The van der Waals surface area contributed by atoms with Gasteiger partial charge in [0.05, 0.1) is 23.3 Å². The van der Waals surface area contributed by atoms with Gasteiger partial charge in [-0.3, -0.25) is 0 Å². The monoisotopic (exact) mass is 306 g/mol. The first kappa shape index (κ1) is 15.1. The number of aromatic carboxylic acids is 1. The number of ether oxygens (including phenoxy) is 1. The van der Waals surface area contributed by atoms with Gasteiger partial charge in [0.1, 0.15) is 5.75 Å². The van der Waals surface area contributed by atoms with Crippen LogP contribution in [-0.2, 0) is 15.6 Å². The summed E-state index contributed by atoms with van der Waals surface area (Å²) in [4.78, 5) is 10.9. The van der Waals surface area contributed by atoms with Gasteiger partial charge in [-0.15, -0.1) is 0 Å². The Morgan fingerprint density at radius 1 is 1.05 bits per heavy atom. The first-order chi connectivity index (χ1) is 9.92. The average molecular weight is 306 g/mol. The van der Waals surface area contributed by atoms with Crippen molar-refractivity contribution in [3.8, 4) is 5.75 Å². The summed E-state index contributed by atoms with van der Waals surface area (Å²) in [6, 6.07) is 11.9. The lowest BCUT2D eigenvalue weighted by molar-refractivity contribution is 0.0697. The maximum atomic E-state index is 12.3. The van der Waals surface area contributed by atoms with E-state index in [0.717, 1.165) is 0 Å². The van der Waals surface area contributed by atoms with Crippen molar-refractivity contribution in [2.75, 3.05) is 7.11 Å². The Morgan fingerprint density at radius 2 is 1.62 bits per heavy atom. The standard InChI is InChI=1S/C15H14O5S/c1-20-13-6-8-14(9-7-13)21(18,19)10-11-2-4-12(5-3-11)15(16)17/h2-9H,10H2,1H3,(H,16,17). The molecule has 0 radical (unpaired) electrons. The lowest BCUT2D eigenvalue weighted by Crippen LogP contribution is -2.05. The van der Waals surface area contributed by atoms with E-state index in [2.05, 4.69) is 0 Å². The summed E-state index contributed by atoms with van der Waals surface area (Å²) < 4.78 is 29.5. The van der Waals surface area contributed by atoms with Crippen LogP contribution in [0.3, 0.4) is 0 Å². The molecule has 0 aromatic heterocycles. The van der Waals surface area contributed by atoms with Crippen LogP contribution in [0.4, 0.5) is 0 Å². The van der Waals surface area contributed by atoms with Crippen molar-refractivity contribution in [2.45, 2.75) is 10.6 Å². The van der Waals surface area contributed by atoms with Gasteiger partial charge in [-0.25, -0.2) is 13.2 Å². The van der Waals surface area contributed by atoms with Crippen molar-refractivity contribution in [1.29, 1.82) is 0 Å². The lowest BCUT2D eigenvalue weighted by atomic mass is 10.1. The van der Waals surface area contributed by atoms with Crippen LogP contribution in [0.15, 0.2) is 53.4 Å². The van der Waals surface area contributed by atoms with E-state index < -0.39 is 15.8 Å². The van der Waals surface area contributed by atoms with Crippen molar-refractivity contribution >= 4 is 15.8 Å². The van der Waals surface area contributed by atoms with Gasteiger partial charge < -0.3 is 9.84 Å². The summed E-state index contributed by atoms with van der Waals surface area (Å²) in [5.74, 6) is -0.640. The highest BCUT2D eigenvalue weighted by molar-refractivity contribution is 7.90. The van der Waals surface area contributed by atoms with Crippen LogP contribution >= 0.6 is 0 Å². The van der Waals surface area contributed by atoms with Crippen LogP contribution in [-0.4, -0.2) is 26.6 Å². The van der Waals surface area contributed by atoms with Gasteiger partial charge in [0, 0.05) is 0 Å². The van der Waals surface area contributed by atoms with Crippen LogP contribution in [0, 0.1) is 0 Å². The Morgan fingerprint density at radius 3 is 2.10 bits per heavy atom. The first-order valence-corrected chi connectivity index (χ1v) is 7.76. The third-order valence-corrected chi connectivity index (χ3v) is 4.68. The van der Waals surface area contributed by atoms with Gasteiger partial charge >= 0.3 is 5.97 Å². The van der Waals surface area contributed by atoms with Gasteiger partial charge in [0.25, 0.3) is 0 Å². The number of sulfone groups is 1. The molecule has 6 heteroatoms. The summed E-state index contributed by atoms with van der Waals surface area (Å²) in [5.41, 5.74) is 0.663. The predicted octanol–water partition coefficient (Wildman–Crippen LogP) is 2.37. The normalized spacial score (nSPS) is 11.1. The Bertz CT molecular complexity index is 731. The van der Waals surface area contributed by atoms with E-state index in [1.807, 2.05) is 0 Å². The second kappa shape index (κ2) is 5.97. The summed E-state index contributed by atoms with van der Waals surface area (Å²) >= 11 is 0. The van der Waals surface area contributed by atoms with Crippen LogP contribution in [0.1, 0.15) is 15.9 Å². The number of benzene rings is 2. The van der Waals surface area contributed by atoms with E-state index in [1.165, 1.54) is 43.5 Å². The second-order valence-corrected chi connectivity index (χ2v) is 6.43. The van der Waals surface area contributed by atoms with Gasteiger partial charge in [0.2, 0.25) is 0 Å². The molecular formula is C15H14O5S. The van der Waals surface area contributed by atoms with Crippen LogP contribution in [0.2, 0.25) is 0 Å². The maximum absolute atomic E-state index is 12.3.